The molecule has 0 radical (unpaired) electrons. The summed E-state index contributed by atoms with van der Waals surface area (Å²) in [5, 5.41) is 19.5. The van der Waals surface area contributed by atoms with Crippen LogP contribution >= 0.6 is 0 Å². The zero-order chi connectivity index (χ0) is 24.2. The van der Waals surface area contributed by atoms with Gasteiger partial charge in [-0.3, -0.25) is 14.4 Å². The lowest BCUT2D eigenvalue weighted by Crippen LogP contribution is -2.80. The maximum absolute atomic E-state index is 13.4. The van der Waals surface area contributed by atoms with E-state index in [9.17, 15) is 24.6 Å². The molecule has 3 atom stereocenters. The van der Waals surface area contributed by atoms with Gasteiger partial charge in [-0.25, -0.2) is 0 Å². The van der Waals surface area contributed by atoms with Crippen molar-refractivity contribution in [3.63, 3.8) is 0 Å². The topological polar surface area (TPSA) is 104 Å². The Morgan fingerprint density at radius 3 is 1.63 bits per heavy atom. The average Bonchev–Trinajstić information content (AvgIpc) is 2.48. The Morgan fingerprint density at radius 1 is 0.933 bits per heavy atom. The average molecular weight is 460 g/mol. The highest BCUT2D eigenvalue weighted by Gasteiger charge is 2.68. The lowest BCUT2D eigenvalue weighted by molar-refractivity contribution is -0.183. The predicted octanol–water partition coefficient (Wildman–Crippen LogP) is 4.40. The van der Waals surface area contributed by atoms with Crippen LogP contribution in [0.1, 0.15) is 55.4 Å². The fraction of sp³-hybridized carbons (Fsp3) is 0.857. The van der Waals surface area contributed by atoms with Gasteiger partial charge in [0.15, 0.2) is 22.0 Å². The predicted molar refractivity (Wildman–Crippen MR) is 122 cm³/mol. The van der Waals surface area contributed by atoms with E-state index < -0.39 is 52.0 Å². The lowest BCUT2D eigenvalue weighted by Gasteiger charge is -2.62. The van der Waals surface area contributed by atoms with E-state index in [1.807, 2.05) is 33.9 Å². The maximum Gasteiger partial charge on any atom is 0.322 e. The molecule has 0 aromatic carbocycles. The third kappa shape index (κ3) is 4.12. The first kappa shape index (κ1) is 26.8. The van der Waals surface area contributed by atoms with E-state index in [2.05, 4.69) is 33.9 Å². The highest BCUT2D eigenvalue weighted by molar-refractivity contribution is 6.80. The number of carbonyl (C=O) groups excluding carboxylic acids is 1. The van der Waals surface area contributed by atoms with Gasteiger partial charge in [-0.2, -0.15) is 0 Å². The molecule has 0 aromatic heterocycles. The number of nitrogens with zero attached hydrogens (tertiary/aromatic N) is 1. The molecule has 1 aliphatic rings. The minimum absolute atomic E-state index is 0.0917. The van der Waals surface area contributed by atoms with Gasteiger partial charge in [-0.15, -0.1) is 0 Å². The van der Waals surface area contributed by atoms with Crippen LogP contribution in [0.25, 0.3) is 0 Å². The van der Waals surface area contributed by atoms with Crippen molar-refractivity contribution in [1.82, 2.24) is 4.57 Å². The van der Waals surface area contributed by atoms with Crippen LogP contribution in [0, 0.1) is 11.3 Å². The Morgan fingerprint density at radius 2 is 1.33 bits per heavy atom. The number of β-lactam (4-membered cyclic amide) rings is 1. The molecule has 0 saturated carbocycles. The highest BCUT2D eigenvalue weighted by atomic mass is 28.4. The zero-order valence-corrected chi connectivity index (χ0v) is 22.7. The van der Waals surface area contributed by atoms with Crippen LogP contribution in [-0.2, 0) is 18.8 Å². The van der Waals surface area contributed by atoms with Crippen LogP contribution in [-0.4, -0.2) is 61.3 Å². The molecular formula is C21H41NO6Si2. The second kappa shape index (κ2) is 7.74. The molecule has 174 valence electrons. The molecule has 7 nitrogen and oxygen atoms in total. The number of carboxylic acid groups (broad SMARTS) is 2. The van der Waals surface area contributed by atoms with E-state index in [4.69, 9.17) is 4.43 Å². The minimum Gasteiger partial charge on any atom is -0.480 e. The van der Waals surface area contributed by atoms with Crippen molar-refractivity contribution in [3.05, 3.63) is 0 Å². The van der Waals surface area contributed by atoms with Crippen LogP contribution in [0.3, 0.4) is 0 Å². The van der Waals surface area contributed by atoms with Crippen molar-refractivity contribution in [3.8, 4) is 0 Å². The summed E-state index contributed by atoms with van der Waals surface area (Å²) in [6.07, 6.45) is -0.567. The monoisotopic (exact) mass is 459 g/mol. The van der Waals surface area contributed by atoms with Crippen LogP contribution in [0.2, 0.25) is 36.3 Å². The molecule has 0 aromatic rings. The Kier molecular flexibility index (Phi) is 6.92. The molecule has 1 fully saturated rings. The Labute approximate surface area is 183 Å². The summed E-state index contributed by atoms with van der Waals surface area (Å²) in [6.45, 7) is 23.5. The van der Waals surface area contributed by atoms with Crippen LogP contribution in [0.15, 0.2) is 0 Å². The number of aliphatic carboxylic acids is 2. The molecule has 0 bridgehead atoms. The first-order chi connectivity index (χ1) is 13.0. The van der Waals surface area contributed by atoms with Gasteiger partial charge in [0.05, 0.1) is 18.1 Å². The van der Waals surface area contributed by atoms with Crippen molar-refractivity contribution < 1.29 is 29.0 Å². The molecule has 1 amide bonds. The number of rotatable bonds is 7. The molecule has 0 unspecified atom stereocenters. The molecule has 1 rings (SSSR count). The summed E-state index contributed by atoms with van der Waals surface area (Å²) < 4.78 is 8.05. The number of amides is 1. The van der Waals surface area contributed by atoms with Gasteiger partial charge in [-0.1, -0.05) is 54.6 Å². The maximum atomic E-state index is 13.4. The van der Waals surface area contributed by atoms with Gasteiger partial charge in [0.1, 0.15) is 0 Å². The molecule has 2 N–H and O–H groups in total. The lowest BCUT2D eigenvalue weighted by atomic mass is 9.69. The van der Waals surface area contributed by atoms with E-state index in [-0.39, 0.29) is 16.0 Å². The molecule has 30 heavy (non-hydrogen) atoms. The van der Waals surface area contributed by atoms with Crippen LogP contribution in [0.5, 0.6) is 0 Å². The van der Waals surface area contributed by atoms with Gasteiger partial charge < -0.3 is 19.2 Å². The number of carbonyl (C=O) groups is 3. The molecule has 1 heterocycles. The quantitative estimate of drug-likeness (QED) is 0.332. The first-order valence-corrected chi connectivity index (χ1v) is 16.4. The summed E-state index contributed by atoms with van der Waals surface area (Å²) in [5.74, 6) is -3.85. The Hall–Kier alpha value is -1.20. The van der Waals surface area contributed by atoms with E-state index in [0.29, 0.717) is 0 Å². The number of hydrogen-bond donors (Lipinski definition) is 2. The molecule has 9 heteroatoms. The van der Waals surface area contributed by atoms with Crippen molar-refractivity contribution in [2.45, 2.75) is 104 Å². The van der Waals surface area contributed by atoms with Gasteiger partial charge in [0.2, 0.25) is 5.91 Å². The van der Waals surface area contributed by atoms with E-state index in [1.165, 1.54) is 6.92 Å². The first-order valence-electron chi connectivity index (χ1n) is 10.5. The third-order valence-electron chi connectivity index (χ3n) is 7.85. The van der Waals surface area contributed by atoms with Crippen molar-refractivity contribution >= 4 is 34.4 Å². The Balaban J connectivity index is 3.55. The fourth-order valence-corrected chi connectivity index (χ4v) is 7.60. The molecule has 0 aliphatic carbocycles. The standard InChI is InChI=1S/C21H41NO6Si2/c1-13(28-30(11,12)20(5,6)7)14-15(21(8,17(24)25)18(26)27)22(16(14)23)29(9,10)19(2,3)4/h13-15H,1-12H3,(H,24,25)(H,26,27)/t13-,14-,15+/m1/s1. The highest BCUT2D eigenvalue weighted by Crippen LogP contribution is 2.51. The summed E-state index contributed by atoms with van der Waals surface area (Å²) in [7, 11) is -4.76. The zero-order valence-electron chi connectivity index (χ0n) is 20.7. The molecule has 1 saturated heterocycles. The van der Waals surface area contributed by atoms with Crippen molar-refractivity contribution in [2.75, 3.05) is 0 Å². The second-order valence-electron chi connectivity index (χ2n) is 11.9. The van der Waals surface area contributed by atoms with Crippen LogP contribution in [0.4, 0.5) is 0 Å². The fourth-order valence-electron chi connectivity index (χ4n) is 3.63. The minimum atomic E-state index is -2.52. The third-order valence-corrected chi connectivity index (χ3v) is 17.8. The number of hydrogen-bond acceptors (Lipinski definition) is 4. The summed E-state index contributed by atoms with van der Waals surface area (Å²) in [5.41, 5.74) is -2.11. The number of carboxylic acids is 2. The molecule has 1 aliphatic heterocycles. The summed E-state index contributed by atoms with van der Waals surface area (Å²) in [4.78, 5) is 37.9. The van der Waals surface area contributed by atoms with Gasteiger partial charge >= 0.3 is 11.9 Å². The van der Waals surface area contributed by atoms with Gasteiger partial charge in [0.25, 0.3) is 0 Å². The van der Waals surface area contributed by atoms with E-state index in [1.54, 1.807) is 11.5 Å². The van der Waals surface area contributed by atoms with Gasteiger partial charge in [0, 0.05) is 0 Å². The van der Waals surface area contributed by atoms with Crippen molar-refractivity contribution in [2.24, 2.45) is 11.3 Å². The van der Waals surface area contributed by atoms with Gasteiger partial charge in [-0.05, 0) is 37.0 Å². The van der Waals surface area contributed by atoms with E-state index in [0.717, 1.165) is 0 Å². The summed E-state index contributed by atoms with van der Waals surface area (Å²) in [6, 6.07) is -0.958. The molecule has 0 spiro atoms. The van der Waals surface area contributed by atoms with Crippen LogP contribution < -0.4 is 0 Å². The summed E-state index contributed by atoms with van der Waals surface area (Å²) >= 11 is 0. The van der Waals surface area contributed by atoms with E-state index >= 15 is 0 Å². The Bertz CT molecular complexity index is 706. The largest absolute Gasteiger partial charge is 0.480 e. The molecular weight excluding hydrogens is 418 g/mol. The van der Waals surface area contributed by atoms with Crippen molar-refractivity contribution in [1.29, 1.82) is 0 Å². The normalized spacial score (nSPS) is 22.5. The SMILES string of the molecule is C[C@@H](O[Si](C)(C)C(C)(C)C)[C@H]1C(=O)N([Si](C)(C)C(C)(C)C)[C@@H]1C(C)(C(=O)O)C(=O)O. The second-order valence-corrected chi connectivity index (χ2v) is 21.7. The smallest absolute Gasteiger partial charge is 0.322 e.